The molecule has 1 aromatic carbocycles. The Kier molecular flexibility index (Phi) is 5.26. The van der Waals surface area contributed by atoms with Gasteiger partial charge in [-0.05, 0) is 56.2 Å². The zero-order valence-electron chi connectivity index (χ0n) is 12.3. The molecule has 5 nitrogen and oxygen atoms in total. The summed E-state index contributed by atoms with van der Waals surface area (Å²) >= 11 is 0. The number of carbonyl (C=O) groups excluding carboxylic acids is 1. The molecule has 2 aromatic rings. The second-order valence-corrected chi connectivity index (χ2v) is 4.79. The number of amides is 2. The van der Waals surface area contributed by atoms with Crippen LogP contribution in [0.25, 0.3) is 0 Å². The van der Waals surface area contributed by atoms with Crippen molar-refractivity contribution in [3.63, 3.8) is 0 Å². The van der Waals surface area contributed by atoms with E-state index in [4.69, 9.17) is 9.15 Å². The molecule has 2 N–H and O–H groups in total. The van der Waals surface area contributed by atoms with Gasteiger partial charge in [0.1, 0.15) is 5.75 Å². The Hall–Kier alpha value is -2.43. The SMILES string of the molecule is CCOc1ccc(NC(=O)NC(C)Cc2ccoc2)cc1. The second-order valence-electron chi connectivity index (χ2n) is 4.79. The van der Waals surface area contributed by atoms with Crippen LogP contribution in [0.3, 0.4) is 0 Å². The molecule has 112 valence electrons. The van der Waals surface area contributed by atoms with Gasteiger partial charge in [0.2, 0.25) is 0 Å². The first-order valence-electron chi connectivity index (χ1n) is 6.99. The maximum atomic E-state index is 11.9. The molecule has 2 amide bonds. The molecule has 0 radical (unpaired) electrons. The monoisotopic (exact) mass is 288 g/mol. The molecule has 1 atom stereocenters. The third-order valence-electron chi connectivity index (χ3n) is 2.92. The molecule has 1 unspecified atom stereocenters. The lowest BCUT2D eigenvalue weighted by atomic mass is 10.1. The number of rotatable bonds is 6. The van der Waals surface area contributed by atoms with Crippen molar-refractivity contribution in [3.8, 4) is 5.75 Å². The van der Waals surface area contributed by atoms with Crippen molar-refractivity contribution in [1.29, 1.82) is 0 Å². The predicted molar refractivity (Wildman–Crippen MR) is 81.6 cm³/mol. The summed E-state index contributed by atoms with van der Waals surface area (Å²) in [4.78, 5) is 11.9. The van der Waals surface area contributed by atoms with Crippen LogP contribution < -0.4 is 15.4 Å². The normalized spacial score (nSPS) is 11.7. The lowest BCUT2D eigenvalue weighted by Crippen LogP contribution is -2.37. The second kappa shape index (κ2) is 7.38. The van der Waals surface area contributed by atoms with Crippen LogP contribution >= 0.6 is 0 Å². The maximum absolute atomic E-state index is 11.9. The summed E-state index contributed by atoms with van der Waals surface area (Å²) in [6.07, 6.45) is 4.04. The first-order valence-corrected chi connectivity index (χ1v) is 6.99. The first-order chi connectivity index (χ1) is 10.2. The van der Waals surface area contributed by atoms with Crippen LogP contribution in [0.4, 0.5) is 10.5 Å². The Balaban J connectivity index is 1.80. The van der Waals surface area contributed by atoms with E-state index in [2.05, 4.69) is 10.6 Å². The lowest BCUT2D eigenvalue weighted by molar-refractivity contribution is 0.249. The topological polar surface area (TPSA) is 63.5 Å². The Morgan fingerprint density at radius 2 is 2.05 bits per heavy atom. The van der Waals surface area contributed by atoms with E-state index in [1.54, 1.807) is 12.5 Å². The quantitative estimate of drug-likeness (QED) is 0.856. The number of anilines is 1. The molecule has 0 spiro atoms. The van der Waals surface area contributed by atoms with Gasteiger partial charge in [0.05, 0.1) is 19.1 Å². The zero-order valence-corrected chi connectivity index (χ0v) is 12.3. The van der Waals surface area contributed by atoms with E-state index < -0.39 is 0 Å². The molecule has 0 aliphatic carbocycles. The van der Waals surface area contributed by atoms with Gasteiger partial charge in [-0.1, -0.05) is 0 Å². The largest absolute Gasteiger partial charge is 0.494 e. The molecule has 2 rings (SSSR count). The highest BCUT2D eigenvalue weighted by molar-refractivity contribution is 5.89. The average molecular weight is 288 g/mol. The van der Waals surface area contributed by atoms with Crippen molar-refractivity contribution < 1.29 is 13.9 Å². The highest BCUT2D eigenvalue weighted by atomic mass is 16.5. The van der Waals surface area contributed by atoms with Gasteiger partial charge in [-0.25, -0.2) is 4.79 Å². The summed E-state index contributed by atoms with van der Waals surface area (Å²) in [5.74, 6) is 0.789. The van der Waals surface area contributed by atoms with E-state index in [9.17, 15) is 4.79 Å². The van der Waals surface area contributed by atoms with Gasteiger partial charge in [-0.3, -0.25) is 0 Å². The maximum Gasteiger partial charge on any atom is 0.319 e. The third-order valence-corrected chi connectivity index (χ3v) is 2.92. The number of benzene rings is 1. The van der Waals surface area contributed by atoms with E-state index in [-0.39, 0.29) is 12.1 Å². The average Bonchev–Trinajstić information content (AvgIpc) is 2.93. The summed E-state index contributed by atoms with van der Waals surface area (Å²) < 4.78 is 10.4. The number of ether oxygens (including phenoxy) is 1. The van der Waals surface area contributed by atoms with Crippen LogP contribution in [0.5, 0.6) is 5.75 Å². The van der Waals surface area contributed by atoms with Crippen molar-refractivity contribution in [2.24, 2.45) is 0 Å². The third kappa shape index (κ3) is 4.87. The molecule has 0 saturated carbocycles. The van der Waals surface area contributed by atoms with Crippen LogP contribution in [-0.2, 0) is 6.42 Å². The number of carbonyl (C=O) groups is 1. The Morgan fingerprint density at radius 1 is 1.29 bits per heavy atom. The van der Waals surface area contributed by atoms with E-state index >= 15 is 0 Å². The van der Waals surface area contributed by atoms with Crippen LogP contribution in [0, 0.1) is 0 Å². The predicted octanol–water partition coefficient (Wildman–Crippen LogP) is 3.43. The standard InChI is InChI=1S/C16H20N2O3/c1-3-21-15-6-4-14(5-7-15)18-16(19)17-12(2)10-13-8-9-20-11-13/h4-9,11-12H,3,10H2,1-2H3,(H2,17,18,19). The molecule has 0 aliphatic heterocycles. The number of hydrogen-bond donors (Lipinski definition) is 2. The number of furan rings is 1. The van der Waals surface area contributed by atoms with Crippen LogP contribution in [0.1, 0.15) is 19.4 Å². The fraction of sp³-hybridized carbons (Fsp3) is 0.312. The molecule has 1 aromatic heterocycles. The Morgan fingerprint density at radius 3 is 2.67 bits per heavy atom. The summed E-state index contributed by atoms with van der Waals surface area (Å²) in [5.41, 5.74) is 1.79. The molecular weight excluding hydrogens is 268 g/mol. The van der Waals surface area contributed by atoms with E-state index in [0.717, 1.165) is 23.4 Å². The molecule has 5 heteroatoms. The Labute approximate surface area is 124 Å². The van der Waals surface area contributed by atoms with Gasteiger partial charge in [0, 0.05) is 11.7 Å². The highest BCUT2D eigenvalue weighted by Crippen LogP contribution is 2.15. The zero-order chi connectivity index (χ0) is 15.1. The van der Waals surface area contributed by atoms with Crippen LogP contribution in [-0.4, -0.2) is 18.7 Å². The first kappa shape index (κ1) is 15.0. The van der Waals surface area contributed by atoms with Crippen molar-refractivity contribution in [1.82, 2.24) is 5.32 Å². The van der Waals surface area contributed by atoms with Gasteiger partial charge >= 0.3 is 6.03 Å². The van der Waals surface area contributed by atoms with Gasteiger partial charge in [-0.2, -0.15) is 0 Å². The lowest BCUT2D eigenvalue weighted by Gasteiger charge is -2.14. The number of nitrogens with one attached hydrogen (secondary N) is 2. The summed E-state index contributed by atoms with van der Waals surface area (Å²) in [6, 6.07) is 8.96. The fourth-order valence-corrected chi connectivity index (χ4v) is 2.01. The van der Waals surface area contributed by atoms with Crippen molar-refractivity contribution in [2.45, 2.75) is 26.3 Å². The van der Waals surface area contributed by atoms with Crippen molar-refractivity contribution in [3.05, 3.63) is 48.4 Å². The van der Waals surface area contributed by atoms with E-state index in [1.807, 2.05) is 44.2 Å². The summed E-state index contributed by atoms with van der Waals surface area (Å²) in [5, 5.41) is 5.68. The van der Waals surface area contributed by atoms with Gasteiger partial charge in [0.15, 0.2) is 0 Å². The minimum Gasteiger partial charge on any atom is -0.494 e. The minimum atomic E-state index is -0.227. The molecule has 0 bridgehead atoms. The van der Waals surface area contributed by atoms with E-state index in [0.29, 0.717) is 6.61 Å². The van der Waals surface area contributed by atoms with Crippen molar-refractivity contribution in [2.75, 3.05) is 11.9 Å². The molecule has 0 saturated heterocycles. The highest BCUT2D eigenvalue weighted by Gasteiger charge is 2.09. The molecular formula is C16H20N2O3. The van der Waals surface area contributed by atoms with Gasteiger partial charge < -0.3 is 19.8 Å². The summed E-state index contributed by atoms with van der Waals surface area (Å²) in [7, 11) is 0. The molecule has 1 heterocycles. The molecule has 0 fully saturated rings. The molecule has 0 aliphatic rings. The number of urea groups is 1. The van der Waals surface area contributed by atoms with Crippen LogP contribution in [0.15, 0.2) is 47.3 Å². The summed E-state index contributed by atoms with van der Waals surface area (Å²) in [6.45, 7) is 4.50. The van der Waals surface area contributed by atoms with Gasteiger partial charge in [0.25, 0.3) is 0 Å². The van der Waals surface area contributed by atoms with E-state index in [1.165, 1.54) is 0 Å². The number of hydrogen-bond acceptors (Lipinski definition) is 3. The smallest absolute Gasteiger partial charge is 0.319 e. The van der Waals surface area contributed by atoms with Gasteiger partial charge in [-0.15, -0.1) is 0 Å². The van der Waals surface area contributed by atoms with Crippen LogP contribution in [0.2, 0.25) is 0 Å². The minimum absolute atomic E-state index is 0.0188. The Bertz CT molecular complexity index is 549. The fourth-order valence-electron chi connectivity index (χ4n) is 2.01. The van der Waals surface area contributed by atoms with Crippen molar-refractivity contribution >= 4 is 11.7 Å². The molecule has 21 heavy (non-hydrogen) atoms.